The molecule has 2 heterocycles. The van der Waals surface area contributed by atoms with Gasteiger partial charge in [0.2, 0.25) is 17.9 Å². The molecule has 0 saturated carbocycles. The predicted octanol–water partition coefficient (Wildman–Crippen LogP) is 2.29. The Labute approximate surface area is 358 Å². The van der Waals surface area contributed by atoms with Crippen LogP contribution < -0.4 is 0 Å². The molecule has 0 spiro atoms. The van der Waals surface area contributed by atoms with Crippen molar-refractivity contribution < 1.29 is 81.4 Å². The van der Waals surface area contributed by atoms with E-state index in [4.69, 9.17) is 9.84 Å². The van der Waals surface area contributed by atoms with Crippen LogP contribution in [-0.2, 0) is 71.5 Å². The van der Waals surface area contributed by atoms with Crippen LogP contribution in [-0.4, -0.2) is 167 Å². The normalized spacial score (nSPS) is 12.1. The first kappa shape index (κ1) is 63.3. The summed E-state index contributed by atoms with van der Waals surface area (Å²) in [4.78, 5) is 98.5. The van der Waals surface area contributed by atoms with Crippen LogP contribution in [0.5, 0.6) is 0 Å². The lowest BCUT2D eigenvalue weighted by molar-refractivity contribution is -0.156. The number of hydrogen-bond donors (Lipinski definition) is 1. The lowest BCUT2D eigenvalue weighted by Crippen LogP contribution is -2.28. The van der Waals surface area contributed by atoms with Gasteiger partial charge >= 0.3 is 41.9 Å². The molecule has 0 aliphatic carbocycles. The van der Waals surface area contributed by atoms with E-state index in [0.29, 0.717) is 39.3 Å². The summed E-state index contributed by atoms with van der Waals surface area (Å²) in [5, 5.41) is 8.10. The number of ether oxygens (including phenoxy) is 7. The van der Waals surface area contributed by atoms with Gasteiger partial charge in [0.25, 0.3) is 0 Å². The number of methoxy groups -OCH3 is 1. The third-order valence-electron chi connectivity index (χ3n) is 6.12. The summed E-state index contributed by atoms with van der Waals surface area (Å²) in [6.45, 7) is 32.0. The molecule has 20 nitrogen and oxygen atoms in total. The maximum Gasteiger partial charge on any atom is 0.410 e. The number of amides is 3. The lowest BCUT2D eigenvalue weighted by atomic mass is 10.3. The number of esters is 6. The summed E-state index contributed by atoms with van der Waals surface area (Å²) in [7, 11) is 4.68. The molecule has 61 heavy (non-hydrogen) atoms. The Morgan fingerprint density at radius 3 is 1.43 bits per heavy atom. The molecule has 2 aliphatic rings. The van der Waals surface area contributed by atoms with Crippen molar-refractivity contribution in [2.45, 2.75) is 33.3 Å². The van der Waals surface area contributed by atoms with Crippen LogP contribution in [0.3, 0.4) is 0 Å². The average Bonchev–Trinajstić information content (AvgIpc) is 3.88. The van der Waals surface area contributed by atoms with Crippen LogP contribution in [0.15, 0.2) is 88.6 Å². The number of carbonyl (C=O) groups is 9. The van der Waals surface area contributed by atoms with Gasteiger partial charge < -0.3 is 53.0 Å². The molecule has 0 aromatic rings. The quantitative estimate of drug-likeness (QED) is 0.133. The SMILES string of the molecule is C=CC(=O)N(C)C.C=CC(=O)N(CC)CC.C=CC(=O)OC.C=CC(=O)OC1CCOC1=O.C=CC(=O)OCC.C=CC(=O)OCCN1CCOC1=O.C=CC(=O)OCCO. The predicted molar refractivity (Wildman–Crippen MR) is 224 cm³/mol. The Kier molecular flexibility index (Phi) is 46.0. The van der Waals surface area contributed by atoms with Crippen molar-refractivity contribution in [2.75, 3.05) is 87.0 Å². The number of hydrogen-bond acceptors (Lipinski definition) is 17. The van der Waals surface area contributed by atoms with Gasteiger partial charge in [-0.3, -0.25) is 9.59 Å². The highest BCUT2D eigenvalue weighted by molar-refractivity contribution is 5.87. The maximum absolute atomic E-state index is 10.9. The molecule has 0 bridgehead atoms. The zero-order chi connectivity index (χ0) is 48.2. The van der Waals surface area contributed by atoms with E-state index in [9.17, 15) is 43.2 Å². The third kappa shape index (κ3) is 41.1. The van der Waals surface area contributed by atoms with Crippen LogP contribution in [0.4, 0.5) is 4.79 Å². The van der Waals surface area contributed by atoms with Crippen LogP contribution in [0.1, 0.15) is 27.2 Å². The van der Waals surface area contributed by atoms with Gasteiger partial charge in [-0.25, -0.2) is 33.6 Å². The number of aliphatic hydroxyl groups is 1. The number of cyclic esters (lactones) is 2. The van der Waals surface area contributed by atoms with Crippen molar-refractivity contribution in [3.63, 3.8) is 0 Å². The first-order valence-corrected chi connectivity index (χ1v) is 18.2. The fourth-order valence-electron chi connectivity index (χ4n) is 3.05. The van der Waals surface area contributed by atoms with E-state index in [1.807, 2.05) is 13.8 Å². The molecule has 2 rings (SSSR count). The second-order valence-electron chi connectivity index (χ2n) is 10.5. The van der Waals surface area contributed by atoms with E-state index < -0.39 is 36.0 Å². The van der Waals surface area contributed by atoms with E-state index in [1.165, 1.54) is 29.1 Å². The molecule has 0 aromatic carbocycles. The largest absolute Gasteiger partial charge is 0.466 e. The summed E-state index contributed by atoms with van der Waals surface area (Å²) in [6.07, 6.45) is 7.40. The van der Waals surface area contributed by atoms with Crippen LogP contribution in [0, 0.1) is 0 Å². The van der Waals surface area contributed by atoms with Gasteiger partial charge in [0.15, 0.2) is 0 Å². The van der Waals surface area contributed by atoms with Gasteiger partial charge in [0, 0.05) is 64.0 Å². The number of aliphatic hydroxyl groups excluding tert-OH is 1. The fraction of sp³-hybridized carbons (Fsp3) is 0.439. The Morgan fingerprint density at radius 2 is 1.16 bits per heavy atom. The second-order valence-corrected chi connectivity index (χ2v) is 10.5. The second kappa shape index (κ2) is 44.3. The minimum atomic E-state index is -0.722. The molecule has 2 aliphatic heterocycles. The first-order chi connectivity index (χ1) is 28.8. The smallest absolute Gasteiger partial charge is 0.410 e. The monoisotopic (exact) mass is 869 g/mol. The van der Waals surface area contributed by atoms with E-state index in [0.717, 1.165) is 43.5 Å². The molecule has 0 aromatic heterocycles. The molecule has 20 heteroatoms. The van der Waals surface area contributed by atoms with Crippen molar-refractivity contribution in [1.82, 2.24) is 14.7 Å². The molecule has 344 valence electrons. The Hall–Kier alpha value is -6.83. The number of likely N-dealkylation sites (N-methyl/N-ethyl adjacent to an activating group) is 2. The number of rotatable bonds is 16. The average molecular weight is 870 g/mol. The molecule has 0 radical (unpaired) electrons. The molecule has 2 fully saturated rings. The molecule has 3 amide bonds. The van der Waals surface area contributed by atoms with E-state index in [-0.39, 0.29) is 43.7 Å². The minimum Gasteiger partial charge on any atom is -0.466 e. The zero-order valence-corrected chi connectivity index (χ0v) is 36.2. The van der Waals surface area contributed by atoms with Gasteiger partial charge in [-0.1, -0.05) is 46.1 Å². The summed E-state index contributed by atoms with van der Waals surface area (Å²) in [5.41, 5.74) is 0. The Morgan fingerprint density at radius 1 is 0.689 bits per heavy atom. The Balaban J connectivity index is -0.000000203. The summed E-state index contributed by atoms with van der Waals surface area (Å²) < 4.78 is 31.5. The van der Waals surface area contributed by atoms with Crippen molar-refractivity contribution in [2.24, 2.45) is 0 Å². The number of nitrogens with zero attached hydrogens (tertiary/aromatic N) is 3. The fourth-order valence-corrected chi connectivity index (χ4v) is 3.05. The highest BCUT2D eigenvalue weighted by Gasteiger charge is 2.29. The van der Waals surface area contributed by atoms with Crippen LogP contribution in [0.2, 0.25) is 0 Å². The van der Waals surface area contributed by atoms with Crippen molar-refractivity contribution in [1.29, 1.82) is 0 Å². The van der Waals surface area contributed by atoms with Gasteiger partial charge in [0.1, 0.15) is 19.8 Å². The molecule has 2 saturated heterocycles. The van der Waals surface area contributed by atoms with Crippen LogP contribution in [0.25, 0.3) is 0 Å². The molecule has 1 unspecified atom stereocenters. The minimum absolute atomic E-state index is 0.0139. The van der Waals surface area contributed by atoms with Gasteiger partial charge in [-0.15, -0.1) is 0 Å². The maximum atomic E-state index is 10.9. The summed E-state index contributed by atoms with van der Waals surface area (Å²) in [5.74, 6) is -2.84. The highest BCUT2D eigenvalue weighted by Crippen LogP contribution is 2.10. The van der Waals surface area contributed by atoms with Crippen molar-refractivity contribution >= 4 is 53.7 Å². The van der Waals surface area contributed by atoms with Crippen LogP contribution >= 0.6 is 0 Å². The topological polar surface area (TPSA) is 248 Å². The lowest BCUT2D eigenvalue weighted by Gasteiger charge is -2.15. The summed E-state index contributed by atoms with van der Waals surface area (Å²) >= 11 is 0. The zero-order valence-electron chi connectivity index (χ0n) is 36.2. The first-order valence-electron chi connectivity index (χ1n) is 18.2. The van der Waals surface area contributed by atoms with Crippen molar-refractivity contribution in [3.8, 4) is 0 Å². The Bertz CT molecular complexity index is 1420. The third-order valence-corrected chi connectivity index (χ3v) is 6.12. The molecule has 1 N–H and O–H groups in total. The van der Waals surface area contributed by atoms with Gasteiger partial charge in [-0.05, 0) is 32.9 Å². The number of carbonyl (C=O) groups excluding carboxylic acids is 9. The molecular formula is C41H63N3O17. The standard InChI is InChI=1S/C8H11NO4.C7H13NO.C7H8O4.C5H9NO.C5H8O3.C5H8O2.C4H6O2/c1-2-7(10)12-5-3-9-4-6-13-8(9)11;1-4-7(9)8(5-2)6-3;1-2-6(8)11-5-3-4-10-7(5)9;1-4-5(7)6(2)3;1-2-5(7)8-4-3-6;1-3-5(6)7-4-2;1-3-4(5)6-2/h2H,1,3-6H2;4H,1,5-6H2,2-3H3;2,5H,1,3-4H2;4H,1H2,2-3H3;2,6H,1,3-4H2;3H,1,4H2,2H3;3H,1H2,2H3. The molecule has 1 atom stereocenters. The summed E-state index contributed by atoms with van der Waals surface area (Å²) in [6, 6.07) is 0. The van der Waals surface area contributed by atoms with Gasteiger partial charge in [0.05, 0.1) is 40.0 Å². The van der Waals surface area contributed by atoms with E-state index >= 15 is 0 Å². The van der Waals surface area contributed by atoms with E-state index in [1.54, 1.807) is 25.9 Å². The highest BCUT2D eigenvalue weighted by atomic mass is 16.6. The van der Waals surface area contributed by atoms with Gasteiger partial charge in [-0.2, -0.15) is 0 Å². The van der Waals surface area contributed by atoms with Crippen molar-refractivity contribution in [3.05, 3.63) is 88.6 Å². The molecular weight excluding hydrogens is 806 g/mol. The van der Waals surface area contributed by atoms with E-state index in [2.05, 4.69) is 74.5 Å².